The summed E-state index contributed by atoms with van der Waals surface area (Å²) in [6, 6.07) is 7.65. The van der Waals surface area contributed by atoms with Gasteiger partial charge in [-0.05, 0) is 48.1 Å². The molecule has 2 aromatic carbocycles. The Bertz CT molecular complexity index is 1250. The van der Waals surface area contributed by atoms with Gasteiger partial charge in [0.05, 0.1) is 24.9 Å². The third-order valence-corrected chi connectivity index (χ3v) is 7.29. The number of ether oxygens (including phenoxy) is 1. The van der Waals surface area contributed by atoms with Crippen molar-refractivity contribution in [3.8, 4) is 5.75 Å². The van der Waals surface area contributed by atoms with Crippen LogP contribution in [-0.2, 0) is 12.0 Å². The summed E-state index contributed by atoms with van der Waals surface area (Å²) in [5, 5.41) is 11.5. The maximum Gasteiger partial charge on any atom is 0.253 e. The molecule has 0 spiro atoms. The first-order valence-electron chi connectivity index (χ1n) is 12.9. The molecule has 0 bridgehead atoms. The first kappa shape index (κ1) is 29.5. The number of rotatable bonds is 7. The molecule has 2 aliphatic heterocycles. The fourth-order valence-electron chi connectivity index (χ4n) is 5.26. The Kier molecular flexibility index (Phi) is 8.81. The summed E-state index contributed by atoms with van der Waals surface area (Å²) in [5.41, 5.74) is 5.36. The molecule has 0 aliphatic carbocycles. The number of nitrogens with one attached hydrogen (secondary N) is 2. The Hall–Kier alpha value is -3.07. The molecular weight excluding hydrogens is 546 g/mol. The van der Waals surface area contributed by atoms with Crippen LogP contribution < -0.4 is 19.9 Å². The Labute approximate surface area is 236 Å². The summed E-state index contributed by atoms with van der Waals surface area (Å²) in [4.78, 5) is 32.2. The van der Waals surface area contributed by atoms with E-state index >= 15 is 0 Å². The second-order valence-corrected chi connectivity index (χ2v) is 11.1. The summed E-state index contributed by atoms with van der Waals surface area (Å²) >= 11 is 0. The number of benzene rings is 2. The second-order valence-electron chi connectivity index (χ2n) is 11.1. The molecule has 2 N–H and O–H groups in total. The molecule has 2 aromatic rings. The van der Waals surface area contributed by atoms with E-state index in [1.54, 1.807) is 25.1 Å². The SMILES string of the molecule is Br.CNC(=O)c1cc2c(cc1N(C)C)CN(CC(=O)c1cc(N3CCCC3)c(OC)c(C(C)(C)C)c1)C2=N. The average molecular weight is 587 g/mol. The third-order valence-electron chi connectivity index (χ3n) is 7.29. The zero-order chi connectivity index (χ0) is 27.1. The lowest BCUT2D eigenvalue weighted by molar-refractivity contribution is 0.0955. The van der Waals surface area contributed by atoms with Crippen LogP contribution in [0.1, 0.15) is 71.0 Å². The molecule has 206 valence electrons. The summed E-state index contributed by atoms with van der Waals surface area (Å²) in [7, 11) is 7.08. The van der Waals surface area contributed by atoms with E-state index in [4.69, 9.17) is 10.1 Å². The molecule has 0 radical (unpaired) electrons. The fraction of sp³-hybridized carbons (Fsp3) is 0.483. The van der Waals surface area contributed by atoms with Crippen LogP contribution in [0.2, 0.25) is 0 Å². The zero-order valence-electron chi connectivity index (χ0n) is 23.5. The zero-order valence-corrected chi connectivity index (χ0v) is 25.2. The van der Waals surface area contributed by atoms with Gasteiger partial charge in [-0.25, -0.2) is 0 Å². The lowest BCUT2D eigenvalue weighted by atomic mass is 9.84. The van der Waals surface area contributed by atoms with Gasteiger partial charge >= 0.3 is 0 Å². The molecule has 1 amide bonds. The Balaban J connectivity index is 0.00000400. The van der Waals surface area contributed by atoms with Crippen molar-refractivity contribution in [2.24, 2.45) is 0 Å². The minimum atomic E-state index is -0.203. The van der Waals surface area contributed by atoms with Gasteiger partial charge in [-0.3, -0.25) is 15.0 Å². The minimum Gasteiger partial charge on any atom is -0.494 e. The van der Waals surface area contributed by atoms with Crippen LogP contribution >= 0.6 is 17.0 Å². The van der Waals surface area contributed by atoms with Crippen molar-refractivity contribution in [1.82, 2.24) is 10.2 Å². The van der Waals surface area contributed by atoms with Gasteiger partial charge in [0, 0.05) is 63.2 Å². The van der Waals surface area contributed by atoms with E-state index in [1.165, 1.54) is 0 Å². The number of nitrogens with zero attached hydrogens (tertiary/aromatic N) is 3. The van der Waals surface area contributed by atoms with E-state index in [1.807, 2.05) is 37.2 Å². The predicted molar refractivity (Wildman–Crippen MR) is 159 cm³/mol. The average Bonchev–Trinajstić information content (AvgIpc) is 3.49. The van der Waals surface area contributed by atoms with Gasteiger partial charge in [0.15, 0.2) is 5.78 Å². The number of amides is 1. The van der Waals surface area contributed by atoms with Crippen molar-refractivity contribution in [3.05, 3.63) is 52.1 Å². The Morgan fingerprint density at radius 3 is 2.32 bits per heavy atom. The van der Waals surface area contributed by atoms with Crippen LogP contribution in [0.3, 0.4) is 0 Å². The van der Waals surface area contributed by atoms with Crippen molar-refractivity contribution in [2.45, 2.75) is 45.6 Å². The van der Waals surface area contributed by atoms with Crippen LogP contribution in [0.15, 0.2) is 24.3 Å². The molecule has 8 nitrogen and oxygen atoms in total. The highest BCUT2D eigenvalue weighted by Crippen LogP contribution is 2.41. The van der Waals surface area contributed by atoms with E-state index in [2.05, 4.69) is 31.0 Å². The van der Waals surface area contributed by atoms with Crippen LogP contribution in [0, 0.1) is 5.41 Å². The van der Waals surface area contributed by atoms with Gasteiger partial charge in [0.25, 0.3) is 5.91 Å². The summed E-state index contributed by atoms with van der Waals surface area (Å²) in [6.07, 6.45) is 2.25. The second kappa shape index (κ2) is 11.4. The normalized spacial score (nSPS) is 14.8. The minimum absolute atomic E-state index is 0. The number of Topliss-reactive ketones (excluding diaryl/α,β-unsaturated/α-hetero) is 1. The molecule has 4 rings (SSSR count). The molecule has 2 aliphatic rings. The van der Waals surface area contributed by atoms with Gasteiger partial charge in [0.2, 0.25) is 0 Å². The number of hydrogen-bond acceptors (Lipinski definition) is 6. The van der Waals surface area contributed by atoms with Crippen molar-refractivity contribution >= 4 is 45.9 Å². The third kappa shape index (κ3) is 5.53. The highest BCUT2D eigenvalue weighted by molar-refractivity contribution is 8.93. The summed E-state index contributed by atoms with van der Waals surface area (Å²) in [5.74, 6) is 0.870. The Morgan fingerprint density at radius 2 is 1.76 bits per heavy atom. The van der Waals surface area contributed by atoms with Crippen molar-refractivity contribution in [3.63, 3.8) is 0 Å². The standard InChI is InChI=1S/C29H39N5O3.BrH/c1-29(2,3)22-12-18(13-24(26(22)37-7)33-10-8-9-11-33)25(35)17-34-16-19-14-23(32(5)6)21(28(36)31-4)15-20(19)27(34)30;/h12-15,30H,8-11,16-17H2,1-7H3,(H,31,36);1H. The van der Waals surface area contributed by atoms with Crippen molar-refractivity contribution < 1.29 is 14.3 Å². The number of hydrogen-bond donors (Lipinski definition) is 2. The molecule has 0 aromatic heterocycles. The van der Waals surface area contributed by atoms with Crippen LogP contribution in [-0.4, -0.2) is 70.3 Å². The first-order valence-corrected chi connectivity index (χ1v) is 12.9. The van der Waals surface area contributed by atoms with Gasteiger partial charge in [-0.1, -0.05) is 20.8 Å². The molecule has 9 heteroatoms. The lowest BCUT2D eigenvalue weighted by Crippen LogP contribution is -2.31. The van der Waals surface area contributed by atoms with Gasteiger partial charge in [-0.2, -0.15) is 0 Å². The maximum absolute atomic E-state index is 13.7. The monoisotopic (exact) mass is 585 g/mol. The first-order chi connectivity index (χ1) is 17.5. The van der Waals surface area contributed by atoms with E-state index in [9.17, 15) is 9.59 Å². The van der Waals surface area contributed by atoms with Gasteiger partial charge < -0.3 is 24.8 Å². The molecule has 1 fully saturated rings. The highest BCUT2D eigenvalue weighted by Gasteiger charge is 2.31. The van der Waals surface area contributed by atoms with Crippen LogP contribution in [0.5, 0.6) is 5.75 Å². The van der Waals surface area contributed by atoms with Crippen molar-refractivity contribution in [1.29, 1.82) is 5.41 Å². The quantitative estimate of drug-likeness (QED) is 0.461. The number of carbonyl (C=O) groups is 2. The molecule has 0 atom stereocenters. The van der Waals surface area contributed by atoms with Gasteiger partial charge in [0.1, 0.15) is 11.6 Å². The van der Waals surface area contributed by atoms with Crippen LogP contribution in [0.4, 0.5) is 11.4 Å². The molecule has 1 saturated heterocycles. The van der Waals surface area contributed by atoms with E-state index in [0.29, 0.717) is 23.2 Å². The van der Waals surface area contributed by atoms with Crippen LogP contribution in [0.25, 0.3) is 0 Å². The number of fused-ring (bicyclic) bond motifs is 1. The molecule has 0 unspecified atom stereocenters. The number of carbonyl (C=O) groups excluding carboxylic acids is 2. The summed E-state index contributed by atoms with van der Waals surface area (Å²) in [6.45, 7) is 8.84. The highest BCUT2D eigenvalue weighted by atomic mass is 79.9. The van der Waals surface area contributed by atoms with Crippen molar-refractivity contribution in [2.75, 3.05) is 57.7 Å². The molecular formula is C29H40BrN5O3. The summed E-state index contributed by atoms with van der Waals surface area (Å²) < 4.78 is 5.88. The van der Waals surface area contributed by atoms with E-state index in [0.717, 1.165) is 54.2 Å². The van der Waals surface area contributed by atoms with E-state index in [-0.39, 0.29) is 46.5 Å². The van der Waals surface area contributed by atoms with E-state index < -0.39 is 0 Å². The molecule has 0 saturated carbocycles. The fourth-order valence-corrected chi connectivity index (χ4v) is 5.26. The number of halogens is 1. The number of methoxy groups -OCH3 is 1. The predicted octanol–water partition coefficient (Wildman–Crippen LogP) is 4.62. The maximum atomic E-state index is 13.7. The Morgan fingerprint density at radius 1 is 1.11 bits per heavy atom. The lowest BCUT2D eigenvalue weighted by Gasteiger charge is -2.29. The largest absolute Gasteiger partial charge is 0.494 e. The molecule has 2 heterocycles. The number of anilines is 2. The van der Waals surface area contributed by atoms with Gasteiger partial charge in [-0.15, -0.1) is 17.0 Å². The number of ketones is 1. The topological polar surface area (TPSA) is 89.0 Å². The smallest absolute Gasteiger partial charge is 0.253 e. The molecule has 38 heavy (non-hydrogen) atoms. The number of amidine groups is 1.